The molecule has 0 atom stereocenters. The van der Waals surface area contributed by atoms with Gasteiger partial charge in [-0.15, -0.1) is 0 Å². The molecule has 0 spiro atoms. The molecule has 0 saturated carbocycles. The Morgan fingerprint density at radius 1 is 1.40 bits per heavy atom. The van der Waals surface area contributed by atoms with Gasteiger partial charge in [0, 0.05) is 0 Å². The Morgan fingerprint density at radius 2 is 2.07 bits per heavy atom. The van der Waals surface area contributed by atoms with Crippen molar-refractivity contribution in [1.82, 2.24) is 9.97 Å². The first-order valence-electron chi connectivity index (χ1n) is 4.53. The van der Waals surface area contributed by atoms with Crippen LogP contribution in [0.2, 0.25) is 0 Å². The van der Waals surface area contributed by atoms with Crippen molar-refractivity contribution in [2.24, 2.45) is 5.41 Å². The molecule has 0 bridgehead atoms. The van der Waals surface area contributed by atoms with E-state index in [1.807, 2.05) is 0 Å². The van der Waals surface area contributed by atoms with Crippen molar-refractivity contribution in [1.29, 1.82) is 0 Å². The van der Waals surface area contributed by atoms with Gasteiger partial charge in [-0.05, 0) is 20.8 Å². The maximum absolute atomic E-state index is 12.4. The van der Waals surface area contributed by atoms with Crippen LogP contribution >= 0.6 is 0 Å². The van der Waals surface area contributed by atoms with Crippen LogP contribution in [0.5, 0.6) is 0 Å². The maximum atomic E-state index is 12.4. The summed E-state index contributed by atoms with van der Waals surface area (Å²) in [5.41, 5.74) is -0.123. The number of ether oxygens (including phenoxy) is 1. The third kappa shape index (κ3) is 3.61. The lowest BCUT2D eigenvalue weighted by molar-refractivity contribution is -0.154. The van der Waals surface area contributed by atoms with Gasteiger partial charge >= 0.3 is 5.97 Å². The molecule has 0 fully saturated rings. The lowest BCUT2D eigenvalue weighted by Crippen LogP contribution is -2.22. The summed E-state index contributed by atoms with van der Waals surface area (Å²) in [6, 6.07) is 0. The number of nitrogens with zero attached hydrogens (tertiary/aromatic N) is 2. The van der Waals surface area contributed by atoms with Crippen molar-refractivity contribution in [3.05, 3.63) is 24.0 Å². The molecular weight excluding hydrogens is 199 g/mol. The van der Waals surface area contributed by atoms with E-state index in [2.05, 4.69) is 9.97 Å². The van der Waals surface area contributed by atoms with Crippen molar-refractivity contribution in [2.45, 2.75) is 27.4 Å². The average Bonchev–Trinajstić information content (AvgIpc) is 2.15. The fraction of sp³-hybridized carbons (Fsp3) is 0.500. The van der Waals surface area contributed by atoms with Crippen LogP contribution in [0.4, 0.5) is 4.39 Å². The predicted octanol–water partition coefficient (Wildman–Crippen LogP) is 1.71. The molecule has 0 amide bonds. The molecule has 0 aliphatic carbocycles. The van der Waals surface area contributed by atoms with Gasteiger partial charge in [0.05, 0.1) is 23.5 Å². The third-order valence-corrected chi connectivity index (χ3v) is 1.64. The van der Waals surface area contributed by atoms with Gasteiger partial charge < -0.3 is 4.74 Å². The maximum Gasteiger partial charge on any atom is 0.311 e. The lowest BCUT2D eigenvalue weighted by atomic mass is 9.97. The predicted molar refractivity (Wildman–Crippen MR) is 51.2 cm³/mol. The van der Waals surface area contributed by atoms with Crippen molar-refractivity contribution in [3.63, 3.8) is 0 Å². The highest BCUT2D eigenvalue weighted by atomic mass is 19.1. The van der Waals surface area contributed by atoms with E-state index >= 15 is 0 Å². The number of esters is 1. The van der Waals surface area contributed by atoms with E-state index in [9.17, 15) is 9.18 Å². The van der Waals surface area contributed by atoms with Gasteiger partial charge in [-0.25, -0.2) is 4.98 Å². The van der Waals surface area contributed by atoms with Crippen LogP contribution < -0.4 is 0 Å². The summed E-state index contributed by atoms with van der Waals surface area (Å²) in [4.78, 5) is 18.5. The monoisotopic (exact) mass is 212 g/mol. The molecular formula is C10H13FN2O2. The first kappa shape index (κ1) is 11.6. The summed E-state index contributed by atoms with van der Waals surface area (Å²) in [6.07, 6.45) is 2.23. The van der Waals surface area contributed by atoms with E-state index < -0.39 is 11.4 Å². The van der Waals surface area contributed by atoms with E-state index in [0.29, 0.717) is 5.69 Å². The number of halogens is 1. The molecule has 0 radical (unpaired) electrons. The minimum absolute atomic E-state index is 0.0172. The summed E-state index contributed by atoms with van der Waals surface area (Å²) >= 11 is 0. The number of aromatic nitrogens is 2. The Hall–Kier alpha value is -1.52. The molecule has 0 aliphatic heterocycles. The van der Waals surface area contributed by atoms with E-state index in [-0.39, 0.29) is 12.6 Å². The Labute approximate surface area is 87.5 Å². The summed E-state index contributed by atoms with van der Waals surface area (Å²) < 4.78 is 17.4. The van der Waals surface area contributed by atoms with Crippen LogP contribution in [0.3, 0.4) is 0 Å². The highest BCUT2D eigenvalue weighted by Gasteiger charge is 2.23. The Bertz CT molecular complexity index is 343. The van der Waals surface area contributed by atoms with E-state index in [1.165, 1.54) is 6.20 Å². The van der Waals surface area contributed by atoms with Crippen molar-refractivity contribution < 1.29 is 13.9 Å². The summed E-state index contributed by atoms with van der Waals surface area (Å²) in [6.45, 7) is 5.28. The Morgan fingerprint density at radius 3 is 2.53 bits per heavy atom. The molecule has 15 heavy (non-hydrogen) atoms. The Kier molecular flexibility index (Phi) is 3.34. The zero-order valence-corrected chi connectivity index (χ0v) is 8.95. The molecule has 0 aliphatic rings. The highest BCUT2D eigenvalue weighted by molar-refractivity contribution is 5.75. The lowest BCUT2D eigenvalue weighted by Gasteiger charge is -2.15. The molecule has 0 N–H and O–H groups in total. The summed E-state index contributed by atoms with van der Waals surface area (Å²) in [5.74, 6) is -0.977. The van der Waals surface area contributed by atoms with Gasteiger partial charge in [0.25, 0.3) is 0 Å². The molecule has 0 unspecified atom stereocenters. The second-order valence-electron chi connectivity index (χ2n) is 4.16. The minimum atomic E-state index is -0.652. The molecule has 4 nitrogen and oxygen atoms in total. The van der Waals surface area contributed by atoms with Gasteiger partial charge in [-0.3, -0.25) is 9.78 Å². The smallest absolute Gasteiger partial charge is 0.311 e. The number of hydrogen-bond donors (Lipinski definition) is 0. The third-order valence-electron chi connectivity index (χ3n) is 1.64. The largest absolute Gasteiger partial charge is 0.459 e. The van der Waals surface area contributed by atoms with Gasteiger partial charge in [0.2, 0.25) is 5.95 Å². The minimum Gasteiger partial charge on any atom is -0.459 e. The van der Waals surface area contributed by atoms with Crippen LogP contribution in [0.25, 0.3) is 0 Å². The molecule has 0 saturated heterocycles. The van der Waals surface area contributed by atoms with Crippen LogP contribution in [0.1, 0.15) is 26.5 Å². The average molecular weight is 212 g/mol. The van der Waals surface area contributed by atoms with Crippen molar-refractivity contribution in [2.75, 3.05) is 0 Å². The van der Waals surface area contributed by atoms with Crippen molar-refractivity contribution >= 4 is 5.97 Å². The van der Waals surface area contributed by atoms with Crippen molar-refractivity contribution in [3.8, 4) is 0 Å². The quantitative estimate of drug-likeness (QED) is 0.700. The fourth-order valence-electron chi connectivity index (χ4n) is 0.770. The fourth-order valence-corrected chi connectivity index (χ4v) is 0.770. The number of carbonyl (C=O) groups is 1. The Balaban J connectivity index is 2.51. The molecule has 5 heteroatoms. The summed E-state index contributed by atoms with van der Waals surface area (Å²) in [5, 5.41) is 0. The number of hydrogen-bond acceptors (Lipinski definition) is 4. The number of rotatable bonds is 2. The standard InChI is InChI=1S/C10H13FN2O2/c1-10(2,3)9(14)15-6-7-4-13-8(11)5-12-7/h4-5H,6H2,1-3H3. The van der Waals surface area contributed by atoms with Gasteiger partial charge in [0.15, 0.2) is 0 Å². The second-order valence-corrected chi connectivity index (χ2v) is 4.16. The molecule has 1 aromatic heterocycles. The van der Waals surface area contributed by atoms with Gasteiger partial charge in [-0.2, -0.15) is 4.39 Å². The van der Waals surface area contributed by atoms with Crippen LogP contribution in [0.15, 0.2) is 12.4 Å². The molecule has 1 rings (SSSR count). The second kappa shape index (κ2) is 4.33. The van der Waals surface area contributed by atoms with Crippen LogP contribution in [-0.2, 0) is 16.1 Å². The highest BCUT2D eigenvalue weighted by Crippen LogP contribution is 2.15. The van der Waals surface area contributed by atoms with Crippen LogP contribution in [-0.4, -0.2) is 15.9 Å². The topological polar surface area (TPSA) is 52.1 Å². The van der Waals surface area contributed by atoms with E-state index in [0.717, 1.165) is 6.20 Å². The first-order valence-corrected chi connectivity index (χ1v) is 4.53. The first-order chi connectivity index (χ1) is 6.89. The number of carbonyl (C=O) groups excluding carboxylic acids is 1. The molecule has 82 valence electrons. The normalized spacial score (nSPS) is 11.2. The van der Waals surface area contributed by atoms with Crippen LogP contribution in [0, 0.1) is 11.4 Å². The van der Waals surface area contributed by atoms with E-state index in [4.69, 9.17) is 4.74 Å². The molecule has 1 heterocycles. The van der Waals surface area contributed by atoms with E-state index in [1.54, 1.807) is 20.8 Å². The van der Waals surface area contributed by atoms with Gasteiger partial charge in [0.1, 0.15) is 6.61 Å². The molecule has 1 aromatic rings. The van der Waals surface area contributed by atoms with Gasteiger partial charge in [-0.1, -0.05) is 0 Å². The summed E-state index contributed by atoms with van der Waals surface area (Å²) in [7, 11) is 0. The zero-order valence-electron chi connectivity index (χ0n) is 8.95. The SMILES string of the molecule is CC(C)(C)C(=O)OCc1cnc(F)cn1. The molecule has 0 aromatic carbocycles. The zero-order chi connectivity index (χ0) is 11.5.